The third kappa shape index (κ3) is 2.75. The summed E-state index contributed by atoms with van der Waals surface area (Å²) >= 11 is 0. The first kappa shape index (κ1) is 15.5. The summed E-state index contributed by atoms with van der Waals surface area (Å²) in [5.41, 5.74) is -0.756. The summed E-state index contributed by atoms with van der Waals surface area (Å²) < 4.78 is 48.3. The third-order valence-corrected chi connectivity index (χ3v) is 4.94. The number of hydrogen-bond acceptors (Lipinski definition) is 4. The van der Waals surface area contributed by atoms with Gasteiger partial charge in [0.15, 0.2) is 9.84 Å². The smallest absolute Gasteiger partial charge is 0.399 e. The van der Waals surface area contributed by atoms with E-state index in [0.29, 0.717) is 5.46 Å². The van der Waals surface area contributed by atoms with Gasteiger partial charge in [-0.25, -0.2) is 12.8 Å². The van der Waals surface area contributed by atoms with Crippen molar-refractivity contribution in [3.05, 3.63) is 24.0 Å². The first-order valence-corrected chi connectivity index (χ1v) is 8.18. The maximum atomic E-state index is 13.6. The fourth-order valence-corrected chi connectivity index (χ4v) is 2.59. The summed E-state index contributed by atoms with van der Waals surface area (Å²) in [4.78, 5) is -0.0813. The molecular weight excluding hydrogens is 282 g/mol. The highest BCUT2D eigenvalue weighted by molar-refractivity contribution is 7.90. The molecule has 110 valence electrons. The van der Waals surface area contributed by atoms with Crippen LogP contribution in [0, 0.1) is 5.82 Å². The van der Waals surface area contributed by atoms with Gasteiger partial charge in [-0.3, -0.25) is 0 Å². The molecule has 7 heteroatoms. The lowest BCUT2D eigenvalue weighted by molar-refractivity contribution is 0.00578. The molecule has 1 fully saturated rings. The molecule has 0 aliphatic carbocycles. The Kier molecular flexibility index (Phi) is 3.52. The highest BCUT2D eigenvalue weighted by Crippen LogP contribution is 2.36. The van der Waals surface area contributed by atoms with E-state index in [1.807, 2.05) is 27.7 Å². The van der Waals surface area contributed by atoms with Crippen LogP contribution in [0.3, 0.4) is 0 Å². The minimum Gasteiger partial charge on any atom is -0.399 e. The van der Waals surface area contributed by atoms with Crippen LogP contribution in [0.5, 0.6) is 0 Å². The van der Waals surface area contributed by atoms with Gasteiger partial charge in [-0.2, -0.15) is 0 Å². The molecule has 1 aliphatic heterocycles. The molecule has 0 saturated carbocycles. The molecule has 0 radical (unpaired) electrons. The summed E-state index contributed by atoms with van der Waals surface area (Å²) in [6.07, 6.45) is 1.04. The molecule has 0 N–H and O–H groups in total. The SMILES string of the molecule is CC1(C)OB(c2cc(F)cc(S(C)(=O)=O)c2)OC1(C)C. The molecule has 1 aromatic carbocycles. The molecule has 20 heavy (non-hydrogen) atoms. The lowest BCUT2D eigenvalue weighted by Crippen LogP contribution is -2.41. The van der Waals surface area contributed by atoms with E-state index in [-0.39, 0.29) is 4.90 Å². The van der Waals surface area contributed by atoms with Gasteiger partial charge in [-0.1, -0.05) is 0 Å². The van der Waals surface area contributed by atoms with Gasteiger partial charge >= 0.3 is 7.12 Å². The predicted molar refractivity (Wildman–Crippen MR) is 75.2 cm³/mol. The first-order chi connectivity index (χ1) is 8.92. The zero-order chi connectivity index (χ0) is 15.3. The lowest BCUT2D eigenvalue weighted by Gasteiger charge is -2.32. The molecule has 0 spiro atoms. The highest BCUT2D eigenvalue weighted by Gasteiger charge is 2.51. The Bertz CT molecular complexity index is 624. The second-order valence-corrected chi connectivity index (χ2v) is 8.10. The van der Waals surface area contributed by atoms with Crippen molar-refractivity contribution in [1.82, 2.24) is 0 Å². The Labute approximate surface area is 119 Å². The topological polar surface area (TPSA) is 52.6 Å². The van der Waals surface area contributed by atoms with Crippen molar-refractivity contribution in [1.29, 1.82) is 0 Å². The van der Waals surface area contributed by atoms with E-state index in [1.165, 1.54) is 12.1 Å². The van der Waals surface area contributed by atoms with Crippen LogP contribution >= 0.6 is 0 Å². The third-order valence-electron chi connectivity index (χ3n) is 3.85. The van der Waals surface area contributed by atoms with Crippen molar-refractivity contribution in [2.45, 2.75) is 43.8 Å². The van der Waals surface area contributed by atoms with Crippen LogP contribution in [-0.4, -0.2) is 33.0 Å². The van der Waals surface area contributed by atoms with Crippen LogP contribution in [-0.2, 0) is 19.1 Å². The van der Waals surface area contributed by atoms with Gasteiger partial charge in [-0.15, -0.1) is 0 Å². The Morgan fingerprint density at radius 1 is 1.05 bits per heavy atom. The molecular formula is C13H18BFO4S. The van der Waals surface area contributed by atoms with Crippen LogP contribution < -0.4 is 5.46 Å². The molecule has 1 aromatic rings. The second kappa shape index (κ2) is 4.54. The van der Waals surface area contributed by atoms with Gasteiger partial charge in [0.1, 0.15) is 5.82 Å². The van der Waals surface area contributed by atoms with Crippen LogP contribution in [0.25, 0.3) is 0 Å². The van der Waals surface area contributed by atoms with Crippen LogP contribution in [0.15, 0.2) is 23.1 Å². The van der Waals surface area contributed by atoms with E-state index in [9.17, 15) is 12.8 Å². The fourth-order valence-electron chi connectivity index (χ4n) is 1.91. The average molecular weight is 300 g/mol. The Morgan fingerprint density at radius 3 is 2.00 bits per heavy atom. The fraction of sp³-hybridized carbons (Fsp3) is 0.538. The number of sulfone groups is 1. The summed E-state index contributed by atoms with van der Waals surface area (Å²) in [7, 11) is -4.27. The molecule has 1 heterocycles. The van der Waals surface area contributed by atoms with E-state index in [4.69, 9.17) is 9.31 Å². The molecule has 0 amide bonds. The van der Waals surface area contributed by atoms with Crippen molar-refractivity contribution in [3.63, 3.8) is 0 Å². The number of hydrogen-bond donors (Lipinski definition) is 0. The van der Waals surface area contributed by atoms with Crippen molar-refractivity contribution in [2.24, 2.45) is 0 Å². The molecule has 2 rings (SSSR count). The van der Waals surface area contributed by atoms with E-state index in [2.05, 4.69) is 0 Å². The molecule has 4 nitrogen and oxygen atoms in total. The molecule has 1 saturated heterocycles. The van der Waals surface area contributed by atoms with Crippen LogP contribution in [0.2, 0.25) is 0 Å². The van der Waals surface area contributed by atoms with E-state index >= 15 is 0 Å². The first-order valence-electron chi connectivity index (χ1n) is 6.29. The van der Waals surface area contributed by atoms with Crippen molar-refractivity contribution in [2.75, 3.05) is 6.26 Å². The average Bonchev–Trinajstić information content (AvgIpc) is 2.46. The van der Waals surface area contributed by atoms with Gasteiger partial charge < -0.3 is 9.31 Å². The number of halogens is 1. The van der Waals surface area contributed by atoms with Gasteiger partial charge in [0.25, 0.3) is 0 Å². The monoisotopic (exact) mass is 300 g/mol. The van der Waals surface area contributed by atoms with E-state index in [1.54, 1.807) is 0 Å². The number of rotatable bonds is 2. The zero-order valence-electron chi connectivity index (χ0n) is 12.2. The van der Waals surface area contributed by atoms with Gasteiger partial charge in [0.05, 0.1) is 16.1 Å². The van der Waals surface area contributed by atoms with Crippen molar-refractivity contribution < 1.29 is 22.1 Å². The minimum atomic E-state index is -3.49. The summed E-state index contributed by atoms with van der Waals surface area (Å²) in [6, 6.07) is 3.61. The molecule has 0 bridgehead atoms. The molecule has 0 atom stereocenters. The normalized spacial score (nSPS) is 21.2. The second-order valence-electron chi connectivity index (χ2n) is 6.08. The van der Waals surface area contributed by atoms with Gasteiger partial charge in [0, 0.05) is 6.26 Å². The zero-order valence-corrected chi connectivity index (χ0v) is 13.0. The van der Waals surface area contributed by atoms with Crippen LogP contribution in [0.4, 0.5) is 4.39 Å². The Hall–Kier alpha value is -0.915. The summed E-state index contributed by atoms with van der Waals surface area (Å²) in [6.45, 7) is 7.51. The van der Waals surface area contributed by atoms with E-state index in [0.717, 1.165) is 12.3 Å². The summed E-state index contributed by atoms with van der Waals surface area (Å²) in [5, 5.41) is 0. The van der Waals surface area contributed by atoms with Gasteiger partial charge in [-0.05, 0) is 51.4 Å². The molecule has 0 aromatic heterocycles. The number of benzene rings is 1. The maximum absolute atomic E-state index is 13.6. The maximum Gasteiger partial charge on any atom is 0.494 e. The van der Waals surface area contributed by atoms with Crippen molar-refractivity contribution >= 4 is 22.4 Å². The Morgan fingerprint density at radius 2 is 1.55 bits per heavy atom. The Balaban J connectivity index is 2.44. The predicted octanol–water partition coefficient (Wildman–Crippen LogP) is 1.53. The minimum absolute atomic E-state index is 0.0813. The van der Waals surface area contributed by atoms with Gasteiger partial charge in [0.2, 0.25) is 0 Å². The van der Waals surface area contributed by atoms with Crippen LogP contribution in [0.1, 0.15) is 27.7 Å². The molecule has 0 unspecified atom stereocenters. The highest BCUT2D eigenvalue weighted by atomic mass is 32.2. The summed E-state index contributed by atoms with van der Waals surface area (Å²) in [5.74, 6) is -0.627. The molecule has 1 aliphatic rings. The lowest BCUT2D eigenvalue weighted by atomic mass is 9.79. The largest absolute Gasteiger partial charge is 0.494 e. The van der Waals surface area contributed by atoms with Crippen molar-refractivity contribution in [3.8, 4) is 0 Å². The van der Waals surface area contributed by atoms with E-state index < -0.39 is 34.0 Å². The quantitative estimate of drug-likeness (QED) is 0.777. The standard InChI is InChI=1S/C13H18BFO4S/c1-12(2)13(3,4)19-14(18-12)9-6-10(15)8-11(7-9)20(5,16)17/h6-8H,1-5H3.